The van der Waals surface area contributed by atoms with Gasteiger partial charge in [0, 0.05) is 22.7 Å². The number of amides is 1. The van der Waals surface area contributed by atoms with Crippen LogP contribution in [0.25, 0.3) is 0 Å². The summed E-state index contributed by atoms with van der Waals surface area (Å²) in [7, 11) is -3.48. The van der Waals surface area contributed by atoms with Crippen LogP contribution in [-0.4, -0.2) is 44.0 Å². The molecule has 27 heavy (non-hydrogen) atoms. The van der Waals surface area contributed by atoms with Gasteiger partial charge in [0.05, 0.1) is 12.8 Å². The predicted molar refractivity (Wildman–Crippen MR) is 111 cm³/mol. The number of carbonyl (C=O) groups excluding carboxylic acids is 1. The molecule has 0 aromatic heterocycles. The number of rotatable bonds is 6. The molecule has 0 saturated heterocycles. The quantitative estimate of drug-likeness (QED) is 0.678. The Balaban J connectivity index is 1.75. The number of nitrogens with zero attached hydrogens (tertiary/aromatic N) is 2. The van der Waals surface area contributed by atoms with E-state index in [1.54, 1.807) is 4.90 Å². The lowest BCUT2D eigenvalue weighted by Crippen LogP contribution is -2.45. The number of carbonyl (C=O) groups is 1. The molecule has 1 amide bonds. The Morgan fingerprint density at radius 1 is 1.22 bits per heavy atom. The Kier molecular flexibility index (Phi) is 6.03. The lowest BCUT2D eigenvalue weighted by Gasteiger charge is -2.26. The van der Waals surface area contributed by atoms with Crippen molar-refractivity contribution in [2.24, 2.45) is 0 Å². The summed E-state index contributed by atoms with van der Waals surface area (Å²) in [4.78, 5) is 14.7. The maximum absolute atomic E-state index is 13.0. The molecule has 0 radical (unpaired) electrons. The van der Waals surface area contributed by atoms with E-state index in [0.29, 0.717) is 6.42 Å². The average Bonchev–Trinajstić information content (AvgIpc) is 2.93. The van der Waals surface area contributed by atoms with Gasteiger partial charge in [-0.3, -0.25) is 4.79 Å². The highest BCUT2D eigenvalue weighted by atomic mass is 79.9. The highest BCUT2D eigenvalue weighted by Gasteiger charge is 2.33. The van der Waals surface area contributed by atoms with E-state index in [-0.39, 0.29) is 25.0 Å². The summed E-state index contributed by atoms with van der Waals surface area (Å²) >= 11 is 3.46. The molecule has 7 heteroatoms. The number of anilines is 1. The van der Waals surface area contributed by atoms with Crippen LogP contribution in [0, 0.1) is 0 Å². The first-order valence-corrected chi connectivity index (χ1v) is 11.5. The molecule has 5 nitrogen and oxygen atoms in total. The zero-order valence-electron chi connectivity index (χ0n) is 15.4. The molecule has 2 aromatic carbocycles. The van der Waals surface area contributed by atoms with Gasteiger partial charge in [-0.15, -0.1) is 0 Å². The molecule has 0 fully saturated rings. The summed E-state index contributed by atoms with van der Waals surface area (Å²) in [5.74, 6) is -0.193. The first kappa shape index (κ1) is 20.0. The number of sulfonamides is 1. The number of fused-ring (bicyclic) bond motifs is 1. The summed E-state index contributed by atoms with van der Waals surface area (Å²) in [6.45, 7) is 2.12. The van der Waals surface area contributed by atoms with E-state index in [0.717, 1.165) is 34.0 Å². The molecule has 3 rings (SSSR count). The van der Waals surface area contributed by atoms with Crippen molar-refractivity contribution < 1.29 is 13.2 Å². The predicted octanol–water partition coefficient (Wildman–Crippen LogP) is 3.23. The van der Waals surface area contributed by atoms with Crippen LogP contribution in [0.2, 0.25) is 0 Å². The molecule has 0 bridgehead atoms. The van der Waals surface area contributed by atoms with Gasteiger partial charge in [-0.05, 0) is 49.1 Å². The van der Waals surface area contributed by atoms with E-state index in [4.69, 9.17) is 0 Å². The monoisotopic (exact) mass is 450 g/mol. The normalized spacial score (nSPS) is 16.6. The molecule has 0 saturated carbocycles. The van der Waals surface area contributed by atoms with Crippen LogP contribution in [0.3, 0.4) is 0 Å². The van der Waals surface area contributed by atoms with Crippen molar-refractivity contribution in [2.75, 3.05) is 24.2 Å². The Morgan fingerprint density at radius 2 is 1.93 bits per heavy atom. The molecule has 1 atom stereocenters. The molecule has 0 aliphatic carbocycles. The Morgan fingerprint density at radius 3 is 2.59 bits per heavy atom. The number of benzene rings is 2. The van der Waals surface area contributed by atoms with Crippen molar-refractivity contribution in [3.63, 3.8) is 0 Å². The van der Waals surface area contributed by atoms with Crippen LogP contribution in [0.4, 0.5) is 5.69 Å². The van der Waals surface area contributed by atoms with Crippen molar-refractivity contribution in [3.8, 4) is 0 Å². The lowest BCUT2D eigenvalue weighted by molar-refractivity contribution is -0.119. The van der Waals surface area contributed by atoms with Gasteiger partial charge in [0.25, 0.3) is 0 Å². The highest BCUT2D eigenvalue weighted by Crippen LogP contribution is 2.34. The summed E-state index contributed by atoms with van der Waals surface area (Å²) in [6, 6.07) is 15.5. The summed E-state index contributed by atoms with van der Waals surface area (Å²) < 4.78 is 26.7. The van der Waals surface area contributed by atoms with Crippen molar-refractivity contribution in [2.45, 2.75) is 25.8 Å². The second-order valence-electron chi connectivity index (χ2n) is 6.92. The van der Waals surface area contributed by atoms with E-state index >= 15 is 0 Å². The summed E-state index contributed by atoms with van der Waals surface area (Å²) in [5, 5.41) is 0. The maximum atomic E-state index is 13.0. The van der Waals surface area contributed by atoms with Gasteiger partial charge >= 0.3 is 0 Å². The zero-order valence-corrected chi connectivity index (χ0v) is 17.8. The molecule has 1 aliphatic rings. The molecular weight excluding hydrogens is 428 g/mol. The second kappa shape index (κ2) is 8.12. The molecule has 1 unspecified atom stereocenters. The van der Waals surface area contributed by atoms with E-state index in [2.05, 4.69) is 15.9 Å². The molecule has 1 aliphatic heterocycles. The standard InChI is InChI=1S/C20H23BrN2O3S/c1-15-12-17-13-18(21)8-9-19(17)23(15)20(24)14-22(27(2,25)26)11-10-16-6-4-3-5-7-16/h3-9,13,15H,10-12,14H2,1-2H3. The Hall–Kier alpha value is -1.70. The third kappa shape index (κ3) is 4.78. The van der Waals surface area contributed by atoms with Gasteiger partial charge in [-0.2, -0.15) is 4.31 Å². The summed E-state index contributed by atoms with van der Waals surface area (Å²) in [5.41, 5.74) is 3.01. The SMILES string of the molecule is CC1Cc2cc(Br)ccc2N1C(=O)CN(CCc1ccccc1)S(C)(=O)=O. The number of hydrogen-bond acceptors (Lipinski definition) is 3. The van der Waals surface area contributed by atoms with Gasteiger partial charge in [0.2, 0.25) is 15.9 Å². The van der Waals surface area contributed by atoms with Crippen molar-refractivity contribution in [3.05, 3.63) is 64.1 Å². The topological polar surface area (TPSA) is 57.7 Å². The number of hydrogen-bond donors (Lipinski definition) is 0. The highest BCUT2D eigenvalue weighted by molar-refractivity contribution is 9.10. The first-order valence-electron chi connectivity index (χ1n) is 8.85. The molecule has 0 N–H and O–H groups in total. The second-order valence-corrected chi connectivity index (χ2v) is 9.82. The Labute approximate surface area is 169 Å². The minimum absolute atomic E-state index is 0.0114. The van der Waals surface area contributed by atoms with Crippen LogP contribution in [0.5, 0.6) is 0 Å². The molecule has 2 aromatic rings. The fourth-order valence-electron chi connectivity index (χ4n) is 3.47. The molecule has 144 valence electrons. The number of halogens is 1. The Bertz CT molecular complexity index is 931. The van der Waals surface area contributed by atoms with Gasteiger partial charge in [-0.25, -0.2) is 8.42 Å². The van der Waals surface area contributed by atoms with E-state index in [9.17, 15) is 13.2 Å². The maximum Gasteiger partial charge on any atom is 0.242 e. The fraction of sp³-hybridized carbons (Fsp3) is 0.350. The van der Waals surface area contributed by atoms with Gasteiger partial charge in [0.15, 0.2) is 0 Å². The van der Waals surface area contributed by atoms with Gasteiger partial charge < -0.3 is 4.90 Å². The zero-order chi connectivity index (χ0) is 19.6. The van der Waals surface area contributed by atoms with Crippen LogP contribution in [0.15, 0.2) is 53.0 Å². The third-order valence-electron chi connectivity index (χ3n) is 4.80. The summed E-state index contributed by atoms with van der Waals surface area (Å²) in [6.07, 6.45) is 2.49. The molecule has 1 heterocycles. The van der Waals surface area contributed by atoms with Crippen molar-refractivity contribution >= 4 is 37.5 Å². The molecule has 0 spiro atoms. The molecular formula is C20H23BrN2O3S. The van der Waals surface area contributed by atoms with Crippen molar-refractivity contribution in [1.82, 2.24) is 4.31 Å². The van der Waals surface area contributed by atoms with Gasteiger partial charge in [-0.1, -0.05) is 46.3 Å². The van der Waals surface area contributed by atoms with Crippen LogP contribution >= 0.6 is 15.9 Å². The van der Waals surface area contributed by atoms with E-state index in [1.807, 2.05) is 55.5 Å². The smallest absolute Gasteiger partial charge is 0.242 e. The lowest BCUT2D eigenvalue weighted by atomic mass is 10.1. The van der Waals surface area contributed by atoms with E-state index < -0.39 is 10.0 Å². The van der Waals surface area contributed by atoms with Gasteiger partial charge in [0.1, 0.15) is 0 Å². The first-order chi connectivity index (χ1) is 12.8. The van der Waals surface area contributed by atoms with Crippen LogP contribution < -0.4 is 4.90 Å². The fourth-order valence-corrected chi connectivity index (χ4v) is 4.64. The van der Waals surface area contributed by atoms with E-state index in [1.165, 1.54) is 4.31 Å². The average molecular weight is 451 g/mol. The minimum Gasteiger partial charge on any atom is -0.308 e. The third-order valence-corrected chi connectivity index (χ3v) is 6.54. The minimum atomic E-state index is -3.48. The van der Waals surface area contributed by atoms with Crippen molar-refractivity contribution in [1.29, 1.82) is 0 Å². The van der Waals surface area contributed by atoms with Crippen LogP contribution in [-0.2, 0) is 27.7 Å². The largest absolute Gasteiger partial charge is 0.308 e. The van der Waals surface area contributed by atoms with Crippen LogP contribution in [0.1, 0.15) is 18.1 Å².